The predicted octanol–water partition coefficient (Wildman–Crippen LogP) is 4.84. The summed E-state index contributed by atoms with van der Waals surface area (Å²) in [4.78, 5) is 18.3. The summed E-state index contributed by atoms with van der Waals surface area (Å²) >= 11 is 3.28. The number of nitrogens with one attached hydrogen (secondary N) is 1. The van der Waals surface area contributed by atoms with Crippen LogP contribution in [0.15, 0.2) is 52.7 Å². The van der Waals surface area contributed by atoms with Crippen molar-refractivity contribution in [1.29, 1.82) is 0 Å². The third-order valence-corrected chi connectivity index (χ3v) is 6.37. The maximum Gasteiger partial charge on any atom is 0.252 e. The van der Waals surface area contributed by atoms with Crippen LogP contribution >= 0.6 is 23.1 Å². The van der Waals surface area contributed by atoms with Crippen molar-refractivity contribution in [2.75, 3.05) is 13.2 Å². The molecule has 0 aliphatic carbocycles. The van der Waals surface area contributed by atoms with Crippen molar-refractivity contribution in [3.63, 3.8) is 0 Å². The highest BCUT2D eigenvalue weighted by atomic mass is 32.2. The lowest BCUT2D eigenvalue weighted by molar-refractivity contribution is 0.0948. The Hall–Kier alpha value is -2.51. The third kappa shape index (κ3) is 5.10. The minimum Gasteiger partial charge on any atom is -0.490 e. The minimum absolute atomic E-state index is 0.0883. The van der Waals surface area contributed by atoms with Gasteiger partial charge in [0.25, 0.3) is 5.91 Å². The Morgan fingerprint density at radius 1 is 1.17 bits per heavy atom. The first-order valence-corrected chi connectivity index (χ1v) is 11.3. The Balaban J connectivity index is 1.40. The molecule has 2 aromatic carbocycles. The van der Waals surface area contributed by atoms with Crippen LogP contribution in [0.1, 0.15) is 33.0 Å². The fourth-order valence-electron chi connectivity index (χ4n) is 3.00. The molecule has 1 aromatic heterocycles. The van der Waals surface area contributed by atoms with Gasteiger partial charge in [0, 0.05) is 29.0 Å². The van der Waals surface area contributed by atoms with Crippen LogP contribution in [-0.4, -0.2) is 24.1 Å². The first-order valence-electron chi connectivity index (χ1n) is 9.48. The van der Waals surface area contributed by atoms with E-state index < -0.39 is 0 Å². The van der Waals surface area contributed by atoms with Crippen LogP contribution in [0, 0.1) is 6.92 Å². The van der Waals surface area contributed by atoms with Crippen LogP contribution in [0.25, 0.3) is 0 Å². The minimum atomic E-state index is -0.0883. The van der Waals surface area contributed by atoms with Crippen LogP contribution in [-0.2, 0) is 12.3 Å². The topological polar surface area (TPSA) is 60.5 Å². The Morgan fingerprint density at radius 3 is 2.83 bits per heavy atom. The molecule has 0 unspecified atom stereocenters. The maximum atomic E-state index is 12.8. The number of aryl methyl sites for hydroxylation is 1. The number of amides is 1. The molecule has 1 amide bonds. The van der Waals surface area contributed by atoms with E-state index in [1.165, 1.54) is 0 Å². The SMILES string of the molecule is Cc1nc(CSc2ccccc2C(=O)NCc2ccc3c(c2)OCCCO3)cs1. The molecule has 150 valence electrons. The lowest BCUT2D eigenvalue weighted by atomic mass is 10.1. The van der Waals surface area contributed by atoms with Gasteiger partial charge in [-0.2, -0.15) is 0 Å². The molecule has 1 N–H and O–H groups in total. The van der Waals surface area contributed by atoms with Crippen LogP contribution in [0.5, 0.6) is 11.5 Å². The molecule has 1 aliphatic heterocycles. The van der Waals surface area contributed by atoms with Gasteiger partial charge in [0.05, 0.1) is 29.5 Å². The first-order chi connectivity index (χ1) is 14.2. The Morgan fingerprint density at radius 2 is 2.00 bits per heavy atom. The summed E-state index contributed by atoms with van der Waals surface area (Å²) in [6, 6.07) is 13.5. The van der Waals surface area contributed by atoms with Gasteiger partial charge in [0.1, 0.15) is 0 Å². The van der Waals surface area contributed by atoms with Gasteiger partial charge >= 0.3 is 0 Å². The van der Waals surface area contributed by atoms with Gasteiger partial charge in [0.2, 0.25) is 0 Å². The Kier molecular flexibility index (Phi) is 6.36. The fraction of sp³-hybridized carbons (Fsp3) is 0.273. The van der Waals surface area contributed by atoms with E-state index in [1.807, 2.05) is 49.4 Å². The summed E-state index contributed by atoms with van der Waals surface area (Å²) in [6.45, 7) is 3.74. The second-order valence-corrected chi connectivity index (χ2v) is 8.74. The lowest BCUT2D eigenvalue weighted by Gasteiger charge is -2.12. The van der Waals surface area contributed by atoms with Crippen LogP contribution in [0.2, 0.25) is 0 Å². The van der Waals surface area contributed by atoms with Gasteiger partial charge in [-0.05, 0) is 36.8 Å². The highest BCUT2D eigenvalue weighted by Crippen LogP contribution is 2.30. The number of nitrogens with zero attached hydrogens (tertiary/aromatic N) is 1. The second kappa shape index (κ2) is 9.33. The van der Waals surface area contributed by atoms with Crippen molar-refractivity contribution >= 4 is 29.0 Å². The molecular formula is C22H22N2O3S2. The first kappa shape index (κ1) is 19.8. The van der Waals surface area contributed by atoms with Crippen molar-refractivity contribution in [1.82, 2.24) is 10.3 Å². The molecule has 0 spiro atoms. The Labute approximate surface area is 178 Å². The number of ether oxygens (including phenoxy) is 2. The number of benzene rings is 2. The van der Waals surface area contributed by atoms with E-state index in [-0.39, 0.29) is 5.91 Å². The molecule has 4 rings (SSSR count). The molecule has 0 radical (unpaired) electrons. The summed E-state index contributed by atoms with van der Waals surface area (Å²) in [6.07, 6.45) is 0.871. The quantitative estimate of drug-likeness (QED) is 0.572. The molecular weight excluding hydrogens is 404 g/mol. The van der Waals surface area contributed by atoms with Crippen molar-refractivity contribution in [3.05, 3.63) is 69.7 Å². The second-order valence-electron chi connectivity index (χ2n) is 6.66. The number of thiazole rings is 1. The fourth-order valence-corrected chi connectivity index (χ4v) is 4.66. The number of rotatable bonds is 6. The number of hydrogen-bond donors (Lipinski definition) is 1. The van der Waals surface area contributed by atoms with Crippen molar-refractivity contribution < 1.29 is 14.3 Å². The van der Waals surface area contributed by atoms with Crippen molar-refractivity contribution in [3.8, 4) is 11.5 Å². The normalized spacial score (nSPS) is 13.0. The smallest absolute Gasteiger partial charge is 0.252 e. The molecule has 7 heteroatoms. The summed E-state index contributed by atoms with van der Waals surface area (Å²) in [5, 5.41) is 6.14. The van der Waals surface area contributed by atoms with Crippen molar-refractivity contribution in [2.24, 2.45) is 0 Å². The maximum absolute atomic E-state index is 12.8. The summed E-state index contributed by atoms with van der Waals surface area (Å²) in [5.74, 6) is 2.16. The monoisotopic (exact) mass is 426 g/mol. The van der Waals surface area contributed by atoms with E-state index in [0.717, 1.165) is 44.8 Å². The van der Waals surface area contributed by atoms with Gasteiger partial charge in [-0.1, -0.05) is 18.2 Å². The third-order valence-electron chi connectivity index (χ3n) is 4.44. The van der Waals surface area contributed by atoms with E-state index in [1.54, 1.807) is 23.1 Å². The molecule has 0 atom stereocenters. The van der Waals surface area contributed by atoms with E-state index in [2.05, 4.69) is 15.7 Å². The highest BCUT2D eigenvalue weighted by molar-refractivity contribution is 7.98. The number of fused-ring (bicyclic) bond motifs is 1. The number of hydrogen-bond acceptors (Lipinski definition) is 6. The standard InChI is InChI=1S/C22H22N2O3S2/c1-15-24-17(13-28-15)14-29-21-6-3-2-5-18(21)22(25)23-12-16-7-8-19-20(11-16)27-10-4-9-26-19/h2-3,5-8,11,13H,4,9-10,12,14H2,1H3,(H,23,25). The van der Waals surface area contributed by atoms with Gasteiger partial charge in [0.15, 0.2) is 11.5 Å². The average Bonchev–Trinajstić information content (AvgIpc) is 3.02. The zero-order valence-electron chi connectivity index (χ0n) is 16.1. The van der Waals surface area contributed by atoms with Crippen LogP contribution in [0.3, 0.4) is 0 Å². The van der Waals surface area contributed by atoms with E-state index in [9.17, 15) is 4.79 Å². The molecule has 0 bridgehead atoms. The van der Waals surface area contributed by atoms with Crippen LogP contribution < -0.4 is 14.8 Å². The predicted molar refractivity (Wildman–Crippen MR) is 116 cm³/mol. The molecule has 0 saturated carbocycles. The lowest BCUT2D eigenvalue weighted by Crippen LogP contribution is -2.23. The molecule has 5 nitrogen and oxygen atoms in total. The van der Waals surface area contributed by atoms with Gasteiger partial charge < -0.3 is 14.8 Å². The Bertz CT molecular complexity index is 1000. The van der Waals surface area contributed by atoms with Gasteiger partial charge in [-0.3, -0.25) is 4.79 Å². The number of carbonyl (C=O) groups is 1. The van der Waals surface area contributed by atoms with Crippen molar-refractivity contribution in [2.45, 2.75) is 30.5 Å². The molecule has 1 aliphatic rings. The van der Waals surface area contributed by atoms with E-state index in [0.29, 0.717) is 25.3 Å². The molecule has 0 saturated heterocycles. The summed E-state index contributed by atoms with van der Waals surface area (Å²) in [5.41, 5.74) is 2.70. The summed E-state index contributed by atoms with van der Waals surface area (Å²) in [7, 11) is 0. The zero-order valence-corrected chi connectivity index (χ0v) is 17.8. The molecule has 0 fully saturated rings. The van der Waals surface area contributed by atoms with Gasteiger partial charge in [-0.25, -0.2) is 4.98 Å². The van der Waals surface area contributed by atoms with Gasteiger partial charge in [-0.15, -0.1) is 23.1 Å². The number of carbonyl (C=O) groups excluding carboxylic acids is 1. The van der Waals surface area contributed by atoms with Crippen LogP contribution in [0.4, 0.5) is 0 Å². The zero-order chi connectivity index (χ0) is 20.1. The van der Waals surface area contributed by atoms with E-state index in [4.69, 9.17) is 9.47 Å². The summed E-state index contributed by atoms with van der Waals surface area (Å²) < 4.78 is 11.4. The highest BCUT2D eigenvalue weighted by Gasteiger charge is 2.14. The average molecular weight is 427 g/mol. The molecule has 2 heterocycles. The number of aromatic nitrogens is 1. The molecule has 29 heavy (non-hydrogen) atoms. The largest absolute Gasteiger partial charge is 0.490 e. The molecule has 3 aromatic rings. The van der Waals surface area contributed by atoms with E-state index >= 15 is 0 Å². The number of thioether (sulfide) groups is 1.